The van der Waals surface area contributed by atoms with Crippen molar-refractivity contribution in [2.45, 2.75) is 4.90 Å². The summed E-state index contributed by atoms with van der Waals surface area (Å²) in [6, 6.07) is 4.17. The van der Waals surface area contributed by atoms with Crippen molar-refractivity contribution in [2.24, 2.45) is 0 Å². The normalized spacial score (nSPS) is 13.4. The summed E-state index contributed by atoms with van der Waals surface area (Å²) in [5.74, 6) is -3.37. The Bertz CT molecular complexity index is 961. The van der Waals surface area contributed by atoms with E-state index in [1.54, 1.807) is 0 Å². The summed E-state index contributed by atoms with van der Waals surface area (Å²) in [6.45, 7) is 0.427. The molecule has 1 aliphatic heterocycles. The number of carbonyl (C=O) groups is 1. The highest BCUT2D eigenvalue weighted by Gasteiger charge is 2.25. The van der Waals surface area contributed by atoms with Crippen molar-refractivity contribution in [1.29, 1.82) is 0 Å². The van der Waals surface area contributed by atoms with Crippen LogP contribution in [0.25, 0.3) is 0 Å². The van der Waals surface area contributed by atoms with Crippen LogP contribution in [0.3, 0.4) is 0 Å². The maximum Gasteiger partial charge on any atom is 0.337 e. The molecule has 1 aliphatic rings. The molecular weight excluding hydrogens is 360 g/mol. The van der Waals surface area contributed by atoms with Gasteiger partial charge in [0.05, 0.1) is 11.3 Å². The van der Waals surface area contributed by atoms with E-state index in [1.807, 2.05) is 4.72 Å². The zero-order valence-corrected chi connectivity index (χ0v) is 13.3. The quantitative estimate of drug-likeness (QED) is 0.855. The van der Waals surface area contributed by atoms with Crippen LogP contribution in [0.1, 0.15) is 10.4 Å². The van der Waals surface area contributed by atoms with Gasteiger partial charge in [0.25, 0.3) is 10.0 Å². The maximum absolute atomic E-state index is 13.8. The van der Waals surface area contributed by atoms with E-state index in [1.165, 1.54) is 0 Å². The molecule has 0 saturated heterocycles. The van der Waals surface area contributed by atoms with E-state index in [2.05, 4.69) is 0 Å². The van der Waals surface area contributed by atoms with Gasteiger partial charge in [0.1, 0.15) is 29.7 Å². The standard InChI is InChI=1S/C15H11F2NO6S/c16-8-1-2-14(10(17)5-8)25(21,22)18-11-7-13-12(23-3-4-24-13)6-9(11)15(19)20/h1-2,5-7,18H,3-4H2,(H,19,20). The monoisotopic (exact) mass is 371 g/mol. The first-order valence-corrected chi connectivity index (χ1v) is 8.41. The number of anilines is 1. The average Bonchev–Trinajstić information content (AvgIpc) is 2.53. The molecule has 0 aromatic heterocycles. The fraction of sp³-hybridized carbons (Fsp3) is 0.133. The van der Waals surface area contributed by atoms with Gasteiger partial charge in [0, 0.05) is 18.2 Å². The van der Waals surface area contributed by atoms with E-state index >= 15 is 0 Å². The molecule has 2 aromatic carbocycles. The molecule has 0 aliphatic carbocycles. The van der Waals surface area contributed by atoms with Gasteiger partial charge in [-0.2, -0.15) is 0 Å². The van der Waals surface area contributed by atoms with E-state index in [0.29, 0.717) is 6.07 Å². The highest BCUT2D eigenvalue weighted by atomic mass is 32.2. The van der Waals surface area contributed by atoms with Crippen LogP contribution < -0.4 is 14.2 Å². The van der Waals surface area contributed by atoms with Gasteiger partial charge in [-0.05, 0) is 12.1 Å². The summed E-state index contributed by atoms with van der Waals surface area (Å²) in [5.41, 5.74) is -0.740. The van der Waals surface area contributed by atoms with E-state index < -0.39 is 38.1 Å². The molecule has 0 bridgehead atoms. The van der Waals surface area contributed by atoms with Gasteiger partial charge in [-0.15, -0.1) is 0 Å². The van der Waals surface area contributed by atoms with Gasteiger partial charge in [-0.1, -0.05) is 0 Å². The van der Waals surface area contributed by atoms with Crippen LogP contribution >= 0.6 is 0 Å². The Balaban J connectivity index is 2.05. The first kappa shape index (κ1) is 17.0. The fourth-order valence-electron chi connectivity index (χ4n) is 2.24. The molecular formula is C15H11F2NO6S. The zero-order valence-electron chi connectivity index (χ0n) is 12.5. The Labute approximate surface area is 140 Å². The highest BCUT2D eigenvalue weighted by molar-refractivity contribution is 7.92. The number of carboxylic acids is 1. The van der Waals surface area contributed by atoms with Crippen LogP contribution in [0.4, 0.5) is 14.5 Å². The predicted molar refractivity (Wildman–Crippen MR) is 81.6 cm³/mol. The molecule has 0 unspecified atom stereocenters. The minimum Gasteiger partial charge on any atom is -0.486 e. The number of halogens is 2. The summed E-state index contributed by atoms with van der Waals surface area (Å²) in [6.07, 6.45) is 0. The molecule has 10 heteroatoms. The smallest absolute Gasteiger partial charge is 0.337 e. The predicted octanol–water partition coefficient (Wildman–Crippen LogP) is 2.24. The second-order valence-electron chi connectivity index (χ2n) is 5.03. The Kier molecular flexibility index (Phi) is 4.21. The third kappa shape index (κ3) is 3.33. The van der Waals surface area contributed by atoms with Gasteiger partial charge >= 0.3 is 5.97 Å². The van der Waals surface area contributed by atoms with Gasteiger partial charge in [-0.3, -0.25) is 4.72 Å². The molecule has 3 rings (SSSR count). The Morgan fingerprint density at radius 1 is 1.08 bits per heavy atom. The number of hydrogen-bond acceptors (Lipinski definition) is 5. The third-order valence-corrected chi connectivity index (χ3v) is 4.74. The number of hydrogen-bond donors (Lipinski definition) is 2. The maximum atomic E-state index is 13.8. The van der Waals surface area contributed by atoms with Crippen LogP contribution in [0.2, 0.25) is 0 Å². The van der Waals surface area contributed by atoms with E-state index in [-0.39, 0.29) is 30.4 Å². The fourth-order valence-corrected chi connectivity index (χ4v) is 3.37. The third-order valence-electron chi connectivity index (χ3n) is 3.34. The zero-order chi connectivity index (χ0) is 18.2. The lowest BCUT2D eigenvalue weighted by Crippen LogP contribution is -2.19. The van der Waals surface area contributed by atoms with Crippen molar-refractivity contribution in [2.75, 3.05) is 17.9 Å². The number of nitrogens with one attached hydrogen (secondary N) is 1. The van der Waals surface area contributed by atoms with Crippen LogP contribution in [0.5, 0.6) is 11.5 Å². The molecule has 25 heavy (non-hydrogen) atoms. The van der Waals surface area contributed by atoms with Crippen molar-refractivity contribution < 1.29 is 36.6 Å². The topological polar surface area (TPSA) is 102 Å². The number of ether oxygens (including phenoxy) is 2. The molecule has 132 valence electrons. The first-order valence-electron chi connectivity index (χ1n) is 6.93. The second-order valence-corrected chi connectivity index (χ2v) is 6.68. The van der Waals surface area contributed by atoms with Gasteiger partial charge < -0.3 is 14.6 Å². The molecule has 0 radical (unpaired) electrons. The first-order chi connectivity index (χ1) is 11.8. The number of sulfonamides is 1. The summed E-state index contributed by atoms with van der Waals surface area (Å²) in [7, 11) is -4.49. The van der Waals surface area contributed by atoms with Gasteiger partial charge in [0.15, 0.2) is 11.5 Å². The lowest BCUT2D eigenvalue weighted by molar-refractivity contribution is 0.0697. The Morgan fingerprint density at radius 2 is 1.72 bits per heavy atom. The van der Waals surface area contributed by atoms with Crippen molar-refractivity contribution in [3.05, 3.63) is 47.5 Å². The molecule has 1 heterocycles. The largest absolute Gasteiger partial charge is 0.486 e. The second kappa shape index (κ2) is 6.20. The number of rotatable bonds is 4. The summed E-state index contributed by atoms with van der Waals surface area (Å²) >= 11 is 0. The van der Waals surface area contributed by atoms with Crippen LogP contribution in [0.15, 0.2) is 35.2 Å². The van der Waals surface area contributed by atoms with E-state index in [0.717, 1.165) is 24.3 Å². The highest BCUT2D eigenvalue weighted by Crippen LogP contribution is 2.36. The molecule has 0 atom stereocenters. The number of aromatic carboxylic acids is 1. The molecule has 0 fully saturated rings. The molecule has 0 saturated carbocycles. The molecule has 2 aromatic rings. The van der Waals surface area contributed by atoms with Crippen LogP contribution in [-0.2, 0) is 10.0 Å². The number of carboxylic acid groups (broad SMARTS) is 1. The van der Waals surface area contributed by atoms with Crippen molar-refractivity contribution >= 4 is 21.7 Å². The molecule has 2 N–H and O–H groups in total. The van der Waals surface area contributed by atoms with E-state index in [4.69, 9.17) is 9.47 Å². The SMILES string of the molecule is O=C(O)c1cc2c(cc1NS(=O)(=O)c1ccc(F)cc1F)OCCO2. The minimum absolute atomic E-state index is 0.147. The van der Waals surface area contributed by atoms with E-state index in [9.17, 15) is 27.1 Å². The molecule has 7 nitrogen and oxygen atoms in total. The molecule has 0 spiro atoms. The number of fused-ring (bicyclic) bond motifs is 1. The lowest BCUT2D eigenvalue weighted by atomic mass is 10.1. The number of benzene rings is 2. The van der Waals surface area contributed by atoms with Crippen LogP contribution in [-0.4, -0.2) is 32.7 Å². The Morgan fingerprint density at radius 3 is 2.32 bits per heavy atom. The van der Waals surface area contributed by atoms with Gasteiger partial charge in [-0.25, -0.2) is 22.0 Å². The van der Waals surface area contributed by atoms with Crippen LogP contribution in [0, 0.1) is 11.6 Å². The minimum atomic E-state index is -4.49. The summed E-state index contributed by atoms with van der Waals surface area (Å²) in [4.78, 5) is 10.6. The molecule has 0 amide bonds. The average molecular weight is 371 g/mol. The summed E-state index contributed by atoms with van der Waals surface area (Å²) < 4.78 is 63.9. The summed E-state index contributed by atoms with van der Waals surface area (Å²) in [5, 5.41) is 9.27. The lowest BCUT2D eigenvalue weighted by Gasteiger charge is -2.20. The van der Waals surface area contributed by atoms with Crippen molar-refractivity contribution in [3.63, 3.8) is 0 Å². The Hall–Kier alpha value is -2.88. The van der Waals surface area contributed by atoms with Crippen molar-refractivity contribution in [1.82, 2.24) is 0 Å². The van der Waals surface area contributed by atoms with Gasteiger partial charge in [0.2, 0.25) is 0 Å². The van der Waals surface area contributed by atoms with Crippen molar-refractivity contribution in [3.8, 4) is 11.5 Å².